The zero-order valence-corrected chi connectivity index (χ0v) is 14.3. The van der Waals surface area contributed by atoms with Crippen LogP contribution < -0.4 is 9.47 Å². The highest BCUT2D eigenvalue weighted by molar-refractivity contribution is 6.14. The highest BCUT2D eigenvalue weighted by Gasteiger charge is 2.28. The van der Waals surface area contributed by atoms with E-state index in [4.69, 9.17) is 14.2 Å². The number of fused-ring (bicyclic) bond motifs is 1. The fraction of sp³-hybridized carbons (Fsp3) is 0.200. The minimum atomic E-state index is -0.793. The lowest BCUT2D eigenvalue weighted by Gasteiger charge is -2.13. The molecule has 1 atom stereocenters. The minimum absolute atomic E-state index is 0.0284. The summed E-state index contributed by atoms with van der Waals surface area (Å²) in [5, 5.41) is 0. The van der Waals surface area contributed by atoms with E-state index in [2.05, 4.69) is 0 Å². The number of halogens is 1. The van der Waals surface area contributed by atoms with Crippen LogP contribution in [0.5, 0.6) is 11.5 Å². The molecule has 134 valence electrons. The Hall–Kier alpha value is -3.15. The summed E-state index contributed by atoms with van der Waals surface area (Å²) >= 11 is 0. The molecule has 26 heavy (non-hydrogen) atoms. The number of Topliss-reactive ketones (excluding diaryl/α,β-unsaturated/α-hetero) is 1. The van der Waals surface area contributed by atoms with E-state index in [1.54, 1.807) is 44.2 Å². The van der Waals surface area contributed by atoms with Gasteiger partial charge in [0.25, 0.3) is 0 Å². The highest BCUT2D eigenvalue weighted by atomic mass is 19.1. The largest absolute Gasteiger partial charge is 0.479 e. The number of allylic oxidation sites excluding steroid dienone is 1. The maximum atomic E-state index is 13.8. The standard InChI is InChI=1S/C20H17FO5/c1-3-24-20(23)12(2)25-14-8-9-15-17(11-14)26-18(19(15)22)10-13-6-4-5-7-16(13)21/h4-12H,3H2,1-2H3/b18-10-/t12-/m0/s1. The first-order valence-electron chi connectivity index (χ1n) is 8.15. The quantitative estimate of drug-likeness (QED) is 0.603. The van der Waals surface area contributed by atoms with Crippen LogP contribution in [-0.4, -0.2) is 24.5 Å². The monoisotopic (exact) mass is 356 g/mol. The van der Waals surface area contributed by atoms with Crippen molar-refractivity contribution in [3.05, 3.63) is 65.2 Å². The third-order valence-electron chi connectivity index (χ3n) is 3.76. The predicted octanol–water partition coefficient (Wildman–Crippen LogP) is 3.77. The molecule has 1 aliphatic heterocycles. The molecular weight excluding hydrogens is 339 g/mol. The lowest BCUT2D eigenvalue weighted by atomic mass is 10.1. The average molecular weight is 356 g/mol. The molecule has 0 fully saturated rings. The maximum Gasteiger partial charge on any atom is 0.347 e. The molecular formula is C20H17FO5. The average Bonchev–Trinajstić information content (AvgIpc) is 2.92. The number of ketones is 1. The molecule has 0 saturated carbocycles. The smallest absolute Gasteiger partial charge is 0.347 e. The van der Waals surface area contributed by atoms with E-state index in [1.807, 2.05) is 0 Å². The van der Waals surface area contributed by atoms with Gasteiger partial charge in [-0.15, -0.1) is 0 Å². The van der Waals surface area contributed by atoms with Crippen molar-refractivity contribution in [3.8, 4) is 11.5 Å². The summed E-state index contributed by atoms with van der Waals surface area (Å²) in [6.07, 6.45) is 0.568. The Balaban J connectivity index is 1.80. The molecule has 0 aliphatic carbocycles. The molecule has 0 unspecified atom stereocenters. The Bertz CT molecular complexity index is 888. The van der Waals surface area contributed by atoms with Crippen molar-refractivity contribution in [3.63, 3.8) is 0 Å². The second-order valence-electron chi connectivity index (χ2n) is 5.63. The number of hydrogen-bond donors (Lipinski definition) is 0. The Morgan fingerprint density at radius 1 is 1.27 bits per heavy atom. The number of benzene rings is 2. The highest BCUT2D eigenvalue weighted by Crippen LogP contribution is 2.35. The minimum Gasteiger partial charge on any atom is -0.479 e. The van der Waals surface area contributed by atoms with E-state index < -0.39 is 17.9 Å². The van der Waals surface area contributed by atoms with E-state index in [-0.39, 0.29) is 23.7 Å². The van der Waals surface area contributed by atoms with E-state index in [1.165, 1.54) is 18.2 Å². The van der Waals surface area contributed by atoms with Crippen molar-refractivity contribution in [2.75, 3.05) is 6.61 Å². The van der Waals surface area contributed by atoms with E-state index in [0.29, 0.717) is 17.1 Å². The zero-order valence-electron chi connectivity index (χ0n) is 14.3. The summed E-state index contributed by atoms with van der Waals surface area (Å²) in [6.45, 7) is 3.54. The summed E-state index contributed by atoms with van der Waals surface area (Å²) in [5.41, 5.74) is 0.611. The van der Waals surface area contributed by atoms with Crippen molar-refractivity contribution in [2.24, 2.45) is 0 Å². The molecule has 0 amide bonds. The van der Waals surface area contributed by atoms with Gasteiger partial charge in [-0.3, -0.25) is 4.79 Å². The van der Waals surface area contributed by atoms with E-state index in [0.717, 1.165) is 0 Å². The van der Waals surface area contributed by atoms with Crippen molar-refractivity contribution >= 4 is 17.8 Å². The summed E-state index contributed by atoms with van der Waals surface area (Å²) in [4.78, 5) is 24.1. The molecule has 1 heterocycles. The molecule has 0 spiro atoms. The van der Waals surface area contributed by atoms with Gasteiger partial charge in [0.2, 0.25) is 5.78 Å². The molecule has 0 radical (unpaired) electrons. The van der Waals surface area contributed by atoms with Gasteiger partial charge in [0.1, 0.15) is 17.3 Å². The summed E-state index contributed by atoms with van der Waals surface area (Å²) in [7, 11) is 0. The second kappa shape index (κ2) is 7.39. The van der Waals surface area contributed by atoms with Crippen LogP contribution in [0.4, 0.5) is 4.39 Å². The van der Waals surface area contributed by atoms with Gasteiger partial charge >= 0.3 is 5.97 Å². The fourth-order valence-corrected chi connectivity index (χ4v) is 2.49. The van der Waals surface area contributed by atoms with Crippen LogP contribution >= 0.6 is 0 Å². The fourth-order valence-electron chi connectivity index (χ4n) is 2.49. The van der Waals surface area contributed by atoms with Crippen LogP contribution in [0.25, 0.3) is 6.08 Å². The molecule has 0 aromatic heterocycles. The van der Waals surface area contributed by atoms with Gasteiger partial charge in [-0.2, -0.15) is 0 Å². The van der Waals surface area contributed by atoms with Gasteiger partial charge in [-0.05, 0) is 38.1 Å². The van der Waals surface area contributed by atoms with Crippen LogP contribution in [0, 0.1) is 5.82 Å². The van der Waals surface area contributed by atoms with Crippen LogP contribution in [0.1, 0.15) is 29.8 Å². The normalized spacial score (nSPS) is 15.3. The Labute approximate surface area is 150 Å². The molecule has 2 aromatic carbocycles. The van der Waals surface area contributed by atoms with Gasteiger partial charge in [0, 0.05) is 11.6 Å². The molecule has 6 heteroatoms. The van der Waals surface area contributed by atoms with Gasteiger partial charge in [-0.25, -0.2) is 9.18 Å². The number of carbonyl (C=O) groups is 2. The summed E-state index contributed by atoms with van der Waals surface area (Å²) < 4.78 is 29.7. The maximum absolute atomic E-state index is 13.8. The predicted molar refractivity (Wildman–Crippen MR) is 92.5 cm³/mol. The SMILES string of the molecule is CCOC(=O)[C@H](C)Oc1ccc2c(c1)O/C(=C\c1ccccc1F)C2=O. The number of carbonyl (C=O) groups excluding carboxylic acids is 2. The molecule has 3 rings (SSSR count). The van der Waals surface area contributed by atoms with Crippen LogP contribution in [0.15, 0.2) is 48.2 Å². The first-order chi connectivity index (χ1) is 12.5. The van der Waals surface area contributed by atoms with E-state index in [9.17, 15) is 14.0 Å². The molecule has 5 nitrogen and oxygen atoms in total. The summed E-state index contributed by atoms with van der Waals surface area (Å²) in [6, 6.07) is 10.7. The third-order valence-corrected chi connectivity index (χ3v) is 3.76. The first kappa shape index (κ1) is 17.7. The van der Waals surface area contributed by atoms with Gasteiger partial charge in [-0.1, -0.05) is 18.2 Å². The van der Waals surface area contributed by atoms with Crippen molar-refractivity contribution in [1.82, 2.24) is 0 Å². The van der Waals surface area contributed by atoms with Crippen molar-refractivity contribution in [2.45, 2.75) is 20.0 Å². The lowest BCUT2D eigenvalue weighted by Crippen LogP contribution is -2.26. The van der Waals surface area contributed by atoms with E-state index >= 15 is 0 Å². The number of ether oxygens (including phenoxy) is 3. The molecule has 2 aromatic rings. The zero-order chi connectivity index (χ0) is 18.7. The topological polar surface area (TPSA) is 61.8 Å². The van der Waals surface area contributed by atoms with Crippen LogP contribution in [-0.2, 0) is 9.53 Å². The number of esters is 1. The number of hydrogen-bond acceptors (Lipinski definition) is 5. The molecule has 0 bridgehead atoms. The number of rotatable bonds is 5. The van der Waals surface area contributed by atoms with Gasteiger partial charge in [0.05, 0.1) is 12.2 Å². The molecule has 0 N–H and O–H groups in total. The van der Waals surface area contributed by atoms with Crippen molar-refractivity contribution < 1.29 is 28.2 Å². The van der Waals surface area contributed by atoms with Crippen molar-refractivity contribution in [1.29, 1.82) is 0 Å². The van der Waals surface area contributed by atoms with Crippen LogP contribution in [0.3, 0.4) is 0 Å². The van der Waals surface area contributed by atoms with Crippen LogP contribution in [0.2, 0.25) is 0 Å². The molecule has 1 aliphatic rings. The third kappa shape index (κ3) is 3.59. The summed E-state index contributed by atoms with van der Waals surface area (Å²) in [5.74, 6) is -0.575. The van der Waals surface area contributed by atoms with Gasteiger partial charge < -0.3 is 14.2 Å². The first-order valence-corrected chi connectivity index (χ1v) is 8.15. The van der Waals surface area contributed by atoms with Gasteiger partial charge in [0.15, 0.2) is 11.9 Å². The molecule has 0 saturated heterocycles. The second-order valence-corrected chi connectivity index (χ2v) is 5.63. The Morgan fingerprint density at radius 3 is 2.77 bits per heavy atom. The lowest BCUT2D eigenvalue weighted by molar-refractivity contribution is -0.150. The Kier molecular flexibility index (Phi) is 5.02. The Morgan fingerprint density at radius 2 is 2.04 bits per heavy atom.